The van der Waals surface area contributed by atoms with Gasteiger partial charge in [-0.2, -0.15) is 0 Å². The molecule has 0 radical (unpaired) electrons. The summed E-state index contributed by atoms with van der Waals surface area (Å²) in [7, 11) is 0. The standard InChI is InChI=1S/C13H15BrN2O3/c1-7-5-15-6-11(7)12(17)16-10-3-8(13(18)19)2-9(14)4-10/h2-4,7,11,15H,5-6H2,1H3,(H,16,17)(H,18,19). The molecule has 1 fully saturated rings. The number of carbonyl (C=O) groups is 2. The highest BCUT2D eigenvalue weighted by atomic mass is 79.9. The molecule has 1 aromatic carbocycles. The summed E-state index contributed by atoms with van der Waals surface area (Å²) >= 11 is 3.24. The van der Waals surface area contributed by atoms with E-state index in [1.165, 1.54) is 12.1 Å². The molecule has 0 saturated carbocycles. The summed E-state index contributed by atoms with van der Waals surface area (Å²) in [6.45, 7) is 3.51. The minimum absolute atomic E-state index is 0.0766. The fraction of sp³-hybridized carbons (Fsp3) is 0.385. The van der Waals surface area contributed by atoms with Crippen molar-refractivity contribution in [1.29, 1.82) is 0 Å². The molecular formula is C13H15BrN2O3. The molecule has 1 amide bonds. The number of amides is 1. The Hall–Kier alpha value is -1.40. The molecule has 0 aliphatic carbocycles. The van der Waals surface area contributed by atoms with Gasteiger partial charge in [-0.15, -0.1) is 0 Å². The van der Waals surface area contributed by atoms with Gasteiger partial charge in [-0.05, 0) is 30.7 Å². The van der Waals surface area contributed by atoms with Crippen molar-refractivity contribution in [2.24, 2.45) is 11.8 Å². The summed E-state index contributed by atoms with van der Waals surface area (Å²) in [5.41, 5.74) is 0.637. The van der Waals surface area contributed by atoms with Crippen LogP contribution in [0.15, 0.2) is 22.7 Å². The Labute approximate surface area is 119 Å². The number of carboxylic acids is 1. The van der Waals surface area contributed by atoms with Gasteiger partial charge in [0.1, 0.15) is 0 Å². The van der Waals surface area contributed by atoms with E-state index in [9.17, 15) is 9.59 Å². The van der Waals surface area contributed by atoms with Gasteiger partial charge in [-0.1, -0.05) is 22.9 Å². The van der Waals surface area contributed by atoms with Crippen LogP contribution in [0.5, 0.6) is 0 Å². The van der Waals surface area contributed by atoms with Gasteiger partial charge in [-0.3, -0.25) is 4.79 Å². The van der Waals surface area contributed by atoms with Gasteiger partial charge >= 0.3 is 5.97 Å². The summed E-state index contributed by atoms with van der Waals surface area (Å²) in [4.78, 5) is 23.1. The zero-order chi connectivity index (χ0) is 14.0. The number of nitrogens with one attached hydrogen (secondary N) is 2. The van der Waals surface area contributed by atoms with Gasteiger partial charge in [0.15, 0.2) is 0 Å². The third kappa shape index (κ3) is 3.33. The molecular weight excluding hydrogens is 312 g/mol. The first kappa shape index (κ1) is 14.0. The van der Waals surface area contributed by atoms with E-state index in [-0.39, 0.29) is 23.3 Å². The number of benzene rings is 1. The Balaban J connectivity index is 2.14. The van der Waals surface area contributed by atoms with Gasteiger partial charge in [0.25, 0.3) is 0 Å². The predicted molar refractivity (Wildman–Crippen MR) is 75.3 cm³/mol. The van der Waals surface area contributed by atoms with Crippen molar-refractivity contribution in [3.05, 3.63) is 28.2 Å². The van der Waals surface area contributed by atoms with Crippen LogP contribution < -0.4 is 10.6 Å². The number of halogens is 1. The summed E-state index contributed by atoms with van der Waals surface area (Å²) in [5, 5.41) is 14.9. The number of aromatic carboxylic acids is 1. The van der Waals surface area contributed by atoms with Crippen molar-refractivity contribution in [1.82, 2.24) is 5.32 Å². The molecule has 3 N–H and O–H groups in total. The molecule has 0 bridgehead atoms. The molecule has 2 rings (SSSR count). The van der Waals surface area contributed by atoms with Crippen LogP contribution in [0.1, 0.15) is 17.3 Å². The second-order valence-corrected chi connectivity index (χ2v) is 5.68. The normalized spacial score (nSPS) is 22.2. The first-order chi connectivity index (χ1) is 8.97. The first-order valence-electron chi connectivity index (χ1n) is 6.03. The Morgan fingerprint density at radius 1 is 1.37 bits per heavy atom. The van der Waals surface area contributed by atoms with E-state index in [0.29, 0.717) is 16.7 Å². The molecule has 1 saturated heterocycles. The predicted octanol–water partition coefficient (Wildman–Crippen LogP) is 1.94. The van der Waals surface area contributed by atoms with Crippen molar-refractivity contribution in [3.63, 3.8) is 0 Å². The van der Waals surface area contributed by atoms with Crippen LogP contribution in [-0.2, 0) is 4.79 Å². The maximum Gasteiger partial charge on any atom is 0.335 e. The highest BCUT2D eigenvalue weighted by molar-refractivity contribution is 9.10. The Morgan fingerprint density at radius 2 is 2.11 bits per heavy atom. The lowest BCUT2D eigenvalue weighted by atomic mass is 9.97. The van der Waals surface area contributed by atoms with Gasteiger partial charge in [0, 0.05) is 16.7 Å². The van der Waals surface area contributed by atoms with Gasteiger partial charge in [0.05, 0.1) is 11.5 Å². The van der Waals surface area contributed by atoms with E-state index >= 15 is 0 Å². The summed E-state index contributed by atoms with van der Waals surface area (Å²) in [5.74, 6) is -0.891. The monoisotopic (exact) mass is 326 g/mol. The van der Waals surface area contributed by atoms with Gasteiger partial charge in [-0.25, -0.2) is 4.79 Å². The fourth-order valence-corrected chi connectivity index (χ4v) is 2.67. The van der Waals surface area contributed by atoms with Crippen molar-refractivity contribution >= 4 is 33.5 Å². The summed E-state index contributed by atoms with van der Waals surface area (Å²) < 4.78 is 0.625. The van der Waals surface area contributed by atoms with Crippen LogP contribution in [0.2, 0.25) is 0 Å². The molecule has 102 valence electrons. The lowest BCUT2D eigenvalue weighted by Crippen LogP contribution is -2.27. The van der Waals surface area contributed by atoms with Crippen LogP contribution in [-0.4, -0.2) is 30.1 Å². The molecule has 2 atom stereocenters. The number of hydrogen-bond donors (Lipinski definition) is 3. The minimum Gasteiger partial charge on any atom is -0.478 e. The Morgan fingerprint density at radius 3 is 2.68 bits per heavy atom. The maximum absolute atomic E-state index is 12.1. The van der Waals surface area contributed by atoms with Crippen molar-refractivity contribution in [2.75, 3.05) is 18.4 Å². The van der Waals surface area contributed by atoms with E-state index in [4.69, 9.17) is 5.11 Å². The largest absolute Gasteiger partial charge is 0.478 e. The molecule has 2 unspecified atom stereocenters. The van der Waals surface area contributed by atoms with Crippen molar-refractivity contribution in [3.8, 4) is 0 Å². The quantitative estimate of drug-likeness (QED) is 0.793. The van der Waals surface area contributed by atoms with E-state index in [1.54, 1.807) is 6.07 Å². The summed E-state index contributed by atoms with van der Waals surface area (Å²) in [6, 6.07) is 4.65. The van der Waals surface area contributed by atoms with E-state index in [2.05, 4.69) is 26.6 Å². The van der Waals surface area contributed by atoms with Crippen LogP contribution in [0.25, 0.3) is 0 Å². The molecule has 5 nitrogen and oxygen atoms in total. The third-order valence-electron chi connectivity index (χ3n) is 3.27. The highest BCUT2D eigenvalue weighted by Gasteiger charge is 2.29. The van der Waals surface area contributed by atoms with Crippen LogP contribution in [0.4, 0.5) is 5.69 Å². The average molecular weight is 327 g/mol. The zero-order valence-corrected chi connectivity index (χ0v) is 12.0. The van der Waals surface area contributed by atoms with Crippen LogP contribution in [0, 0.1) is 11.8 Å². The molecule has 19 heavy (non-hydrogen) atoms. The topological polar surface area (TPSA) is 78.4 Å². The van der Waals surface area contributed by atoms with Crippen LogP contribution >= 0.6 is 15.9 Å². The molecule has 1 heterocycles. The third-order valence-corrected chi connectivity index (χ3v) is 3.72. The first-order valence-corrected chi connectivity index (χ1v) is 6.82. The average Bonchev–Trinajstić information content (AvgIpc) is 2.74. The lowest BCUT2D eigenvalue weighted by Gasteiger charge is -2.14. The van der Waals surface area contributed by atoms with Crippen LogP contribution in [0.3, 0.4) is 0 Å². The lowest BCUT2D eigenvalue weighted by molar-refractivity contribution is -0.120. The number of anilines is 1. The van der Waals surface area contributed by atoms with Crippen molar-refractivity contribution < 1.29 is 14.7 Å². The van der Waals surface area contributed by atoms with Crippen molar-refractivity contribution in [2.45, 2.75) is 6.92 Å². The van der Waals surface area contributed by atoms with E-state index in [1.807, 2.05) is 6.92 Å². The SMILES string of the molecule is CC1CNCC1C(=O)Nc1cc(Br)cc(C(=O)O)c1. The highest BCUT2D eigenvalue weighted by Crippen LogP contribution is 2.22. The van der Waals surface area contributed by atoms with Gasteiger partial charge in [0.2, 0.25) is 5.91 Å². The number of hydrogen-bond acceptors (Lipinski definition) is 3. The fourth-order valence-electron chi connectivity index (χ4n) is 2.18. The molecule has 1 aliphatic heterocycles. The molecule has 1 aromatic rings. The number of rotatable bonds is 3. The smallest absolute Gasteiger partial charge is 0.335 e. The minimum atomic E-state index is -1.02. The maximum atomic E-state index is 12.1. The Kier molecular flexibility index (Phi) is 4.21. The van der Waals surface area contributed by atoms with E-state index in [0.717, 1.165) is 6.54 Å². The molecule has 6 heteroatoms. The second kappa shape index (κ2) is 5.71. The summed E-state index contributed by atoms with van der Waals surface area (Å²) in [6.07, 6.45) is 0. The molecule has 1 aliphatic rings. The number of carbonyl (C=O) groups excluding carboxylic acids is 1. The molecule has 0 aromatic heterocycles. The Bertz CT molecular complexity index is 519. The zero-order valence-electron chi connectivity index (χ0n) is 10.4. The molecule has 0 spiro atoms. The second-order valence-electron chi connectivity index (χ2n) is 4.77. The van der Waals surface area contributed by atoms with Gasteiger partial charge < -0.3 is 15.7 Å². The van der Waals surface area contributed by atoms with E-state index < -0.39 is 5.97 Å². The number of carboxylic acid groups (broad SMARTS) is 1.